The zero-order chi connectivity index (χ0) is 27.3. The Labute approximate surface area is 230 Å². The minimum Gasteiger partial charge on any atom is -0.503 e. The van der Waals surface area contributed by atoms with Crippen LogP contribution < -0.4 is 9.80 Å². The van der Waals surface area contributed by atoms with Crippen molar-refractivity contribution in [3.63, 3.8) is 0 Å². The first-order valence-corrected chi connectivity index (χ1v) is 14.3. The first kappa shape index (κ1) is 26.1. The second kappa shape index (κ2) is 9.96. The van der Waals surface area contributed by atoms with E-state index in [-0.39, 0.29) is 11.4 Å². The standard InChI is InChI=1S/C29H30N4O3S2/c1-7-32(8-2)20-11-9-19(10-12-20)24-22(25(34)27-17(5)30-18(6)37-27)26(35)28(36)33(24)29-31-23-16(4)13-15(3)14-21(23)38-29/h9-14,24,35H,7-8H2,1-6H3. The van der Waals surface area contributed by atoms with E-state index in [4.69, 9.17) is 4.98 Å². The van der Waals surface area contributed by atoms with Crippen LogP contribution in [0.2, 0.25) is 0 Å². The van der Waals surface area contributed by atoms with E-state index in [2.05, 4.69) is 29.8 Å². The zero-order valence-corrected chi connectivity index (χ0v) is 24.0. The third-order valence-electron chi connectivity index (χ3n) is 6.92. The molecular formula is C29H30N4O3S2. The molecule has 3 heterocycles. The van der Waals surface area contributed by atoms with Crippen LogP contribution in [0.15, 0.2) is 47.7 Å². The maximum Gasteiger partial charge on any atom is 0.296 e. The zero-order valence-electron chi connectivity index (χ0n) is 22.3. The summed E-state index contributed by atoms with van der Waals surface area (Å²) in [7, 11) is 0. The topological polar surface area (TPSA) is 86.6 Å². The number of aromatic nitrogens is 2. The van der Waals surface area contributed by atoms with Gasteiger partial charge in [-0.25, -0.2) is 9.97 Å². The van der Waals surface area contributed by atoms with Crippen LogP contribution in [0, 0.1) is 27.7 Å². The van der Waals surface area contributed by atoms with Crippen LogP contribution in [0.3, 0.4) is 0 Å². The van der Waals surface area contributed by atoms with Gasteiger partial charge in [-0.2, -0.15) is 0 Å². The Bertz CT molecular complexity index is 1600. The van der Waals surface area contributed by atoms with E-state index in [0.717, 1.165) is 50.7 Å². The van der Waals surface area contributed by atoms with Crippen LogP contribution in [-0.2, 0) is 4.79 Å². The Morgan fingerprint density at radius 1 is 1.03 bits per heavy atom. The monoisotopic (exact) mass is 546 g/mol. The van der Waals surface area contributed by atoms with E-state index in [1.807, 2.05) is 51.1 Å². The lowest BCUT2D eigenvalue weighted by Gasteiger charge is -2.26. The molecular weight excluding hydrogens is 516 g/mol. The Hall–Kier alpha value is -3.56. The van der Waals surface area contributed by atoms with Crippen molar-refractivity contribution in [2.24, 2.45) is 0 Å². The number of Topliss-reactive ketones (excluding diaryl/α,β-unsaturated/α-hetero) is 1. The van der Waals surface area contributed by atoms with Crippen LogP contribution in [0.4, 0.5) is 10.8 Å². The van der Waals surface area contributed by atoms with Gasteiger partial charge < -0.3 is 10.0 Å². The second-order valence-corrected chi connectivity index (χ2v) is 11.7. The van der Waals surface area contributed by atoms with Crippen molar-refractivity contribution in [1.29, 1.82) is 0 Å². The highest BCUT2D eigenvalue weighted by molar-refractivity contribution is 7.22. The average molecular weight is 547 g/mol. The predicted molar refractivity (Wildman–Crippen MR) is 155 cm³/mol. The Morgan fingerprint density at radius 2 is 1.71 bits per heavy atom. The lowest BCUT2D eigenvalue weighted by Crippen LogP contribution is -2.31. The number of amides is 1. The Kier molecular flexibility index (Phi) is 6.83. The van der Waals surface area contributed by atoms with Crippen LogP contribution >= 0.6 is 22.7 Å². The number of fused-ring (bicyclic) bond motifs is 1. The van der Waals surface area contributed by atoms with E-state index in [0.29, 0.717) is 15.7 Å². The fraction of sp³-hybridized carbons (Fsp3) is 0.310. The van der Waals surface area contributed by atoms with Gasteiger partial charge in [0.05, 0.1) is 37.4 Å². The Balaban J connectivity index is 1.67. The quantitative estimate of drug-likeness (QED) is 0.262. The molecule has 38 heavy (non-hydrogen) atoms. The van der Waals surface area contributed by atoms with Crippen molar-refractivity contribution in [2.45, 2.75) is 47.6 Å². The highest BCUT2D eigenvalue weighted by atomic mass is 32.1. The smallest absolute Gasteiger partial charge is 0.296 e. The highest BCUT2D eigenvalue weighted by Crippen LogP contribution is 2.45. The molecule has 1 aliphatic heterocycles. The molecule has 4 aromatic rings. The number of hydrogen-bond donors (Lipinski definition) is 1. The molecule has 1 N–H and O–H groups in total. The minimum atomic E-state index is -0.815. The van der Waals surface area contributed by atoms with Gasteiger partial charge >= 0.3 is 0 Å². The van der Waals surface area contributed by atoms with Crippen molar-refractivity contribution in [1.82, 2.24) is 9.97 Å². The number of benzene rings is 2. The van der Waals surface area contributed by atoms with Crippen molar-refractivity contribution in [2.75, 3.05) is 22.9 Å². The summed E-state index contributed by atoms with van der Waals surface area (Å²) in [6.07, 6.45) is 0. The maximum absolute atomic E-state index is 13.9. The summed E-state index contributed by atoms with van der Waals surface area (Å²) in [6.45, 7) is 13.6. The average Bonchev–Trinajstić information content (AvgIpc) is 3.53. The number of nitrogens with zero attached hydrogens (tertiary/aromatic N) is 4. The molecule has 0 saturated heterocycles. The normalized spacial score (nSPS) is 15.7. The summed E-state index contributed by atoms with van der Waals surface area (Å²) in [5, 5.41) is 12.4. The number of rotatable bonds is 7. The second-order valence-electron chi connectivity index (χ2n) is 9.51. The largest absolute Gasteiger partial charge is 0.503 e. The summed E-state index contributed by atoms with van der Waals surface area (Å²) < 4.78 is 0.953. The van der Waals surface area contributed by atoms with Crippen molar-refractivity contribution in [3.05, 3.63) is 80.0 Å². The number of thiazole rings is 2. The summed E-state index contributed by atoms with van der Waals surface area (Å²) >= 11 is 2.66. The molecule has 1 aliphatic rings. The highest BCUT2D eigenvalue weighted by Gasteiger charge is 2.46. The number of ketones is 1. The van der Waals surface area contributed by atoms with E-state index < -0.39 is 17.7 Å². The molecule has 0 bridgehead atoms. The molecule has 0 saturated carbocycles. The Morgan fingerprint density at radius 3 is 2.32 bits per heavy atom. The molecule has 1 unspecified atom stereocenters. The van der Waals surface area contributed by atoms with E-state index in [9.17, 15) is 14.7 Å². The number of aryl methyl sites for hydroxylation is 4. The molecule has 0 spiro atoms. The van der Waals surface area contributed by atoms with E-state index in [1.54, 1.807) is 6.92 Å². The predicted octanol–water partition coefficient (Wildman–Crippen LogP) is 6.62. The third kappa shape index (κ3) is 4.29. The summed E-state index contributed by atoms with van der Waals surface area (Å²) in [5.74, 6) is -1.55. The minimum absolute atomic E-state index is 0.0597. The van der Waals surface area contributed by atoms with Gasteiger partial charge in [0.2, 0.25) is 5.78 Å². The van der Waals surface area contributed by atoms with Gasteiger partial charge in [0.1, 0.15) is 0 Å². The molecule has 5 rings (SSSR count). The number of aliphatic hydroxyl groups excluding tert-OH is 1. The summed E-state index contributed by atoms with van der Waals surface area (Å²) in [5.41, 5.74) is 5.36. The molecule has 1 amide bonds. The number of carbonyl (C=O) groups is 2. The van der Waals surface area contributed by atoms with Gasteiger partial charge in [0, 0.05) is 18.8 Å². The summed E-state index contributed by atoms with van der Waals surface area (Å²) in [4.78, 5) is 40.9. The van der Waals surface area contributed by atoms with E-state index >= 15 is 0 Å². The van der Waals surface area contributed by atoms with Crippen LogP contribution in [-0.4, -0.2) is 39.9 Å². The maximum atomic E-state index is 13.9. The fourth-order valence-corrected chi connectivity index (χ4v) is 7.17. The molecule has 0 aliphatic carbocycles. The van der Waals surface area contributed by atoms with E-state index in [1.165, 1.54) is 27.6 Å². The SMILES string of the molecule is CCN(CC)c1ccc(C2C(C(=O)c3sc(C)nc3C)=C(O)C(=O)N2c2nc3c(C)cc(C)cc3s2)cc1. The van der Waals surface area contributed by atoms with Gasteiger partial charge in [0.15, 0.2) is 10.9 Å². The van der Waals surface area contributed by atoms with Gasteiger partial charge in [-0.15, -0.1) is 11.3 Å². The van der Waals surface area contributed by atoms with Crippen LogP contribution in [0.1, 0.15) is 57.0 Å². The molecule has 1 atom stereocenters. The van der Waals surface area contributed by atoms with Gasteiger partial charge in [-0.1, -0.05) is 29.5 Å². The van der Waals surface area contributed by atoms with Crippen LogP contribution in [0.25, 0.3) is 10.2 Å². The number of carbonyl (C=O) groups excluding carboxylic acids is 2. The van der Waals surface area contributed by atoms with Crippen molar-refractivity contribution in [3.8, 4) is 0 Å². The summed E-state index contributed by atoms with van der Waals surface area (Å²) in [6, 6.07) is 11.1. The molecule has 9 heteroatoms. The number of aliphatic hydroxyl groups is 1. The van der Waals surface area contributed by atoms with Crippen molar-refractivity contribution < 1.29 is 14.7 Å². The first-order valence-electron chi connectivity index (χ1n) is 12.6. The lowest BCUT2D eigenvalue weighted by molar-refractivity contribution is -0.117. The van der Waals surface area contributed by atoms with Crippen LogP contribution in [0.5, 0.6) is 0 Å². The van der Waals surface area contributed by atoms with Gasteiger partial charge in [0.25, 0.3) is 5.91 Å². The molecule has 2 aromatic heterocycles. The van der Waals surface area contributed by atoms with Gasteiger partial charge in [-0.05, 0) is 76.4 Å². The number of hydrogen-bond acceptors (Lipinski definition) is 8. The fourth-order valence-electron chi connectivity index (χ4n) is 5.13. The molecule has 7 nitrogen and oxygen atoms in total. The molecule has 196 valence electrons. The lowest BCUT2D eigenvalue weighted by atomic mass is 9.95. The molecule has 0 radical (unpaired) electrons. The molecule has 2 aromatic carbocycles. The third-order valence-corrected chi connectivity index (χ3v) is 9.00. The van der Waals surface area contributed by atoms with Gasteiger partial charge in [-0.3, -0.25) is 14.5 Å². The molecule has 0 fully saturated rings. The van der Waals surface area contributed by atoms with Crippen molar-refractivity contribution >= 4 is 55.4 Å². The number of anilines is 2. The first-order chi connectivity index (χ1) is 18.1.